The average molecular weight is 719 g/mol. The predicted octanol–water partition coefficient (Wildman–Crippen LogP) is 9.42. The first kappa shape index (κ1) is 37.0. The molecule has 0 saturated carbocycles. The van der Waals surface area contributed by atoms with Gasteiger partial charge in [0.1, 0.15) is 0 Å². The van der Waals surface area contributed by atoms with Gasteiger partial charge in [-0.2, -0.15) is 0 Å². The highest BCUT2D eigenvalue weighted by Gasteiger charge is 2.47. The van der Waals surface area contributed by atoms with Crippen molar-refractivity contribution in [2.75, 3.05) is 9.80 Å². The largest absolute Gasteiger partial charge is 0.269 e. The highest BCUT2D eigenvalue weighted by molar-refractivity contribution is 6.29. The van der Waals surface area contributed by atoms with Crippen molar-refractivity contribution in [3.8, 4) is 0 Å². The maximum Gasteiger partial charge on any atom is 0.258 e. The molecule has 3 aliphatic rings. The monoisotopic (exact) mass is 718 g/mol. The molecular formula is C48H50N2O4. The molecule has 4 amide bonds. The lowest BCUT2D eigenvalue weighted by Crippen LogP contribution is -2.31. The second-order valence-electron chi connectivity index (χ2n) is 17.6. The number of imide groups is 2. The van der Waals surface area contributed by atoms with Crippen LogP contribution in [0.3, 0.4) is 0 Å². The zero-order valence-electron chi connectivity index (χ0n) is 33.4. The van der Waals surface area contributed by atoms with Gasteiger partial charge >= 0.3 is 0 Å². The van der Waals surface area contributed by atoms with E-state index in [-0.39, 0.29) is 45.3 Å². The van der Waals surface area contributed by atoms with Gasteiger partial charge in [-0.25, -0.2) is 9.80 Å². The molecule has 7 rings (SSSR count). The fraction of sp³-hybridized carbons (Fsp3) is 0.333. The molecule has 0 bridgehead atoms. The molecule has 0 saturated heterocycles. The second kappa shape index (κ2) is 12.3. The van der Waals surface area contributed by atoms with E-state index in [1.807, 2.05) is 27.7 Å². The Morgan fingerprint density at radius 3 is 1.33 bits per heavy atom. The molecule has 1 unspecified atom stereocenters. The Hall–Kier alpha value is -5.36. The van der Waals surface area contributed by atoms with Gasteiger partial charge in [-0.3, -0.25) is 19.2 Å². The number of carbonyl (C=O) groups excluding carboxylic acids is 4. The number of nitrogens with zero attached hydrogens (tertiary/aromatic N) is 2. The zero-order valence-corrected chi connectivity index (χ0v) is 33.4. The molecule has 2 aliphatic heterocycles. The van der Waals surface area contributed by atoms with Crippen molar-refractivity contribution >= 4 is 35.0 Å². The standard InChI is InChI=1S/C48H50N2O4/c1-28-21-35(22-29(2)43(28)49-39(51)17-18-40(49)52)46(7,8)32-13-12-14-34(25-32)48(11)27-45(5,6)38-26-33(15-16-37(38)48)47(9,10)36-23-30(3)44(31(4)24-36)50-41(53)19-20-42(50)54/h12-26H,27H2,1-11H3. The van der Waals surface area contributed by atoms with Crippen LogP contribution in [0.5, 0.6) is 0 Å². The Bertz CT molecular complexity index is 2310. The van der Waals surface area contributed by atoms with E-state index in [0.29, 0.717) is 11.4 Å². The van der Waals surface area contributed by atoms with E-state index in [1.165, 1.54) is 61.9 Å². The lowest BCUT2D eigenvalue weighted by Gasteiger charge is -2.33. The maximum atomic E-state index is 12.5. The molecular weight excluding hydrogens is 669 g/mol. The summed E-state index contributed by atoms with van der Waals surface area (Å²) in [6.07, 6.45) is 6.29. The number of fused-ring (bicyclic) bond motifs is 1. The molecule has 1 atom stereocenters. The number of hydrogen-bond acceptors (Lipinski definition) is 4. The Morgan fingerprint density at radius 1 is 0.500 bits per heavy atom. The minimum atomic E-state index is -0.347. The summed E-state index contributed by atoms with van der Waals surface area (Å²) in [6, 6.07) is 24.5. The predicted molar refractivity (Wildman–Crippen MR) is 216 cm³/mol. The van der Waals surface area contributed by atoms with E-state index in [1.54, 1.807) is 0 Å². The lowest BCUT2D eigenvalue weighted by molar-refractivity contribution is -0.121. The summed E-state index contributed by atoms with van der Waals surface area (Å²) in [7, 11) is 0. The number of benzene rings is 4. The van der Waals surface area contributed by atoms with Gasteiger partial charge in [0.25, 0.3) is 23.6 Å². The molecule has 6 nitrogen and oxygen atoms in total. The highest BCUT2D eigenvalue weighted by Crippen LogP contribution is 2.54. The van der Waals surface area contributed by atoms with E-state index < -0.39 is 0 Å². The minimum absolute atomic E-state index is 0.0792. The molecule has 4 aromatic rings. The van der Waals surface area contributed by atoms with Gasteiger partial charge < -0.3 is 0 Å². The number of rotatable bonds is 7. The first-order chi connectivity index (χ1) is 25.2. The first-order valence-corrected chi connectivity index (χ1v) is 18.8. The van der Waals surface area contributed by atoms with Crippen LogP contribution in [-0.4, -0.2) is 23.6 Å². The van der Waals surface area contributed by atoms with Crippen molar-refractivity contribution in [2.24, 2.45) is 0 Å². The summed E-state index contributed by atoms with van der Waals surface area (Å²) in [4.78, 5) is 52.7. The van der Waals surface area contributed by atoms with E-state index >= 15 is 0 Å². The summed E-state index contributed by atoms with van der Waals surface area (Å²) in [5, 5.41) is 0. The third-order valence-electron chi connectivity index (χ3n) is 12.6. The van der Waals surface area contributed by atoms with Crippen LogP contribution in [0.1, 0.15) is 116 Å². The van der Waals surface area contributed by atoms with Crippen molar-refractivity contribution in [3.63, 3.8) is 0 Å². The van der Waals surface area contributed by atoms with Crippen LogP contribution in [0.15, 0.2) is 91.0 Å². The van der Waals surface area contributed by atoms with Gasteiger partial charge in [-0.15, -0.1) is 0 Å². The molecule has 276 valence electrons. The Morgan fingerprint density at radius 2 is 0.907 bits per heavy atom. The highest BCUT2D eigenvalue weighted by atomic mass is 16.2. The molecule has 0 spiro atoms. The Balaban J connectivity index is 1.23. The molecule has 6 heteroatoms. The lowest BCUT2D eigenvalue weighted by atomic mass is 9.71. The van der Waals surface area contributed by atoms with Gasteiger partial charge in [-0.1, -0.05) is 115 Å². The van der Waals surface area contributed by atoms with Crippen molar-refractivity contribution in [3.05, 3.63) is 152 Å². The summed E-state index contributed by atoms with van der Waals surface area (Å²) in [5.41, 5.74) is 12.6. The van der Waals surface area contributed by atoms with Crippen LogP contribution < -0.4 is 9.80 Å². The quantitative estimate of drug-likeness (QED) is 0.179. The zero-order chi connectivity index (χ0) is 39.3. The van der Waals surface area contributed by atoms with Crippen LogP contribution in [0, 0.1) is 27.7 Å². The van der Waals surface area contributed by atoms with Crippen LogP contribution in [-0.2, 0) is 40.8 Å². The number of amides is 4. The molecule has 0 N–H and O–H groups in total. The summed E-state index contributed by atoms with van der Waals surface area (Å²) < 4.78 is 0. The van der Waals surface area contributed by atoms with Crippen LogP contribution >= 0.6 is 0 Å². The van der Waals surface area contributed by atoms with Gasteiger partial charge in [-0.05, 0) is 101 Å². The molecule has 4 aromatic carbocycles. The summed E-state index contributed by atoms with van der Waals surface area (Å²) in [6.45, 7) is 23.9. The number of aryl methyl sites for hydroxylation is 4. The summed E-state index contributed by atoms with van der Waals surface area (Å²) in [5.74, 6) is -1.21. The van der Waals surface area contributed by atoms with Gasteiger partial charge in [0.2, 0.25) is 0 Å². The smallest absolute Gasteiger partial charge is 0.258 e. The maximum absolute atomic E-state index is 12.5. The average Bonchev–Trinajstić information content (AvgIpc) is 3.69. The molecule has 54 heavy (non-hydrogen) atoms. The molecule has 0 radical (unpaired) electrons. The third kappa shape index (κ3) is 5.61. The third-order valence-corrected chi connectivity index (χ3v) is 12.6. The van der Waals surface area contributed by atoms with E-state index in [0.717, 1.165) is 39.8 Å². The van der Waals surface area contributed by atoms with Crippen LogP contribution in [0.2, 0.25) is 0 Å². The van der Waals surface area contributed by atoms with Gasteiger partial charge in [0, 0.05) is 40.5 Å². The second-order valence-corrected chi connectivity index (χ2v) is 17.6. The SMILES string of the molecule is Cc1cc(C(C)(C)c2cccc(C3(C)CC(C)(C)c4cc(C(C)(C)c5cc(C)c(N6C(=O)C=CC6=O)c(C)c5)ccc43)c2)cc(C)c1N1C(=O)C=CC1=O. The van der Waals surface area contributed by atoms with Gasteiger partial charge in [0.15, 0.2) is 0 Å². The van der Waals surface area contributed by atoms with Crippen LogP contribution in [0.25, 0.3) is 0 Å². The van der Waals surface area contributed by atoms with Crippen molar-refractivity contribution in [1.29, 1.82) is 0 Å². The van der Waals surface area contributed by atoms with Crippen LogP contribution in [0.4, 0.5) is 11.4 Å². The Kier molecular flexibility index (Phi) is 8.45. The topological polar surface area (TPSA) is 74.8 Å². The van der Waals surface area contributed by atoms with Crippen molar-refractivity contribution in [2.45, 2.75) is 104 Å². The molecule has 0 aromatic heterocycles. The minimum Gasteiger partial charge on any atom is -0.269 e. The van der Waals surface area contributed by atoms with Gasteiger partial charge in [0.05, 0.1) is 11.4 Å². The molecule has 2 heterocycles. The number of hydrogen-bond donors (Lipinski definition) is 0. The molecule has 1 aliphatic carbocycles. The fourth-order valence-corrected chi connectivity index (χ4v) is 9.47. The molecule has 0 fully saturated rings. The Labute approximate surface area is 319 Å². The summed E-state index contributed by atoms with van der Waals surface area (Å²) >= 11 is 0. The van der Waals surface area contributed by atoms with Crippen molar-refractivity contribution in [1.82, 2.24) is 0 Å². The number of carbonyl (C=O) groups is 4. The van der Waals surface area contributed by atoms with E-state index in [2.05, 4.69) is 115 Å². The fourth-order valence-electron chi connectivity index (χ4n) is 9.47. The van der Waals surface area contributed by atoms with E-state index in [4.69, 9.17) is 0 Å². The number of anilines is 2. The van der Waals surface area contributed by atoms with E-state index in [9.17, 15) is 19.2 Å². The first-order valence-electron chi connectivity index (χ1n) is 18.8. The normalized spacial score (nSPS) is 19.5. The van der Waals surface area contributed by atoms with Crippen molar-refractivity contribution < 1.29 is 19.2 Å².